The normalized spacial score (nSPS) is 22.6. The second kappa shape index (κ2) is 6.44. The predicted molar refractivity (Wildman–Crippen MR) is 89.3 cm³/mol. The molecule has 1 aliphatic rings. The van der Waals surface area contributed by atoms with Crippen molar-refractivity contribution >= 4 is 0 Å². The molecule has 0 N–H and O–H groups in total. The molecular formula is C20H25N. The van der Waals surface area contributed by atoms with Crippen LogP contribution >= 0.6 is 0 Å². The van der Waals surface area contributed by atoms with Gasteiger partial charge in [0.1, 0.15) is 0 Å². The first kappa shape index (κ1) is 14.3. The van der Waals surface area contributed by atoms with Crippen molar-refractivity contribution in [2.24, 2.45) is 11.8 Å². The smallest absolute Gasteiger partial charge is 0.0233 e. The minimum Gasteiger partial charge on any atom is -0.299 e. The van der Waals surface area contributed by atoms with Crippen molar-refractivity contribution in [2.75, 3.05) is 13.1 Å². The zero-order chi connectivity index (χ0) is 14.7. The maximum atomic E-state index is 2.61. The minimum atomic E-state index is 0.786. The number of likely N-dealkylation sites (tertiary alicyclic amines) is 1. The molecule has 3 rings (SSSR count). The second-order valence-electron chi connectivity index (χ2n) is 6.61. The Labute approximate surface area is 128 Å². The van der Waals surface area contributed by atoms with Crippen molar-refractivity contribution in [3.05, 3.63) is 71.3 Å². The van der Waals surface area contributed by atoms with Crippen LogP contribution in [0.1, 0.15) is 23.6 Å². The summed E-state index contributed by atoms with van der Waals surface area (Å²) >= 11 is 0. The predicted octanol–water partition coefficient (Wildman–Crippen LogP) is 4.31. The lowest BCUT2D eigenvalue weighted by molar-refractivity contribution is 0.314. The summed E-state index contributed by atoms with van der Waals surface area (Å²) in [6, 6.07) is 19.8. The fourth-order valence-corrected chi connectivity index (χ4v) is 3.52. The van der Waals surface area contributed by atoms with E-state index in [1.807, 2.05) is 0 Å². The van der Waals surface area contributed by atoms with Gasteiger partial charge < -0.3 is 0 Å². The van der Waals surface area contributed by atoms with Crippen LogP contribution in [0.5, 0.6) is 0 Å². The maximum absolute atomic E-state index is 2.61. The first-order valence-electron chi connectivity index (χ1n) is 8.02. The summed E-state index contributed by atoms with van der Waals surface area (Å²) in [5.41, 5.74) is 4.30. The van der Waals surface area contributed by atoms with Gasteiger partial charge in [0.25, 0.3) is 0 Å². The van der Waals surface area contributed by atoms with Crippen LogP contribution in [0.4, 0.5) is 0 Å². The SMILES string of the molecule is Cc1cccc(C[C@@H]2CN(Cc3ccccc3)C[C@H]2C)c1. The highest BCUT2D eigenvalue weighted by molar-refractivity contribution is 5.23. The van der Waals surface area contributed by atoms with Gasteiger partial charge in [-0.2, -0.15) is 0 Å². The van der Waals surface area contributed by atoms with E-state index in [-0.39, 0.29) is 0 Å². The lowest BCUT2D eigenvalue weighted by atomic mass is 9.91. The summed E-state index contributed by atoms with van der Waals surface area (Å²) < 4.78 is 0. The average molecular weight is 279 g/mol. The van der Waals surface area contributed by atoms with E-state index >= 15 is 0 Å². The molecule has 21 heavy (non-hydrogen) atoms. The summed E-state index contributed by atoms with van der Waals surface area (Å²) in [6.45, 7) is 8.14. The lowest BCUT2D eigenvalue weighted by Gasteiger charge is -2.16. The number of nitrogens with zero attached hydrogens (tertiary/aromatic N) is 1. The van der Waals surface area contributed by atoms with Gasteiger partial charge in [-0.25, -0.2) is 0 Å². The monoisotopic (exact) mass is 279 g/mol. The number of hydrogen-bond acceptors (Lipinski definition) is 1. The van der Waals surface area contributed by atoms with Crippen molar-refractivity contribution in [2.45, 2.75) is 26.8 Å². The molecule has 1 nitrogen and oxygen atoms in total. The molecule has 1 heteroatoms. The molecule has 0 bridgehead atoms. The molecule has 0 aliphatic carbocycles. The van der Waals surface area contributed by atoms with Gasteiger partial charge in [0, 0.05) is 19.6 Å². The maximum Gasteiger partial charge on any atom is 0.0233 e. The van der Waals surface area contributed by atoms with E-state index in [1.54, 1.807) is 0 Å². The van der Waals surface area contributed by atoms with E-state index < -0.39 is 0 Å². The molecule has 2 aromatic rings. The average Bonchev–Trinajstić information content (AvgIpc) is 2.80. The van der Waals surface area contributed by atoms with Gasteiger partial charge in [-0.3, -0.25) is 4.90 Å². The van der Waals surface area contributed by atoms with Crippen LogP contribution in [0.3, 0.4) is 0 Å². The minimum absolute atomic E-state index is 0.786. The third-order valence-corrected chi connectivity index (χ3v) is 4.67. The van der Waals surface area contributed by atoms with Crippen LogP contribution in [0, 0.1) is 18.8 Å². The Bertz CT molecular complexity index is 575. The summed E-state index contributed by atoms with van der Waals surface area (Å²) in [7, 11) is 0. The van der Waals surface area contributed by atoms with Crippen LogP contribution in [0.25, 0.3) is 0 Å². The van der Waals surface area contributed by atoms with Gasteiger partial charge in [0.05, 0.1) is 0 Å². The molecule has 0 radical (unpaired) electrons. The fraction of sp³-hybridized carbons (Fsp3) is 0.400. The molecule has 2 aromatic carbocycles. The van der Waals surface area contributed by atoms with Crippen molar-refractivity contribution in [3.8, 4) is 0 Å². The van der Waals surface area contributed by atoms with Gasteiger partial charge >= 0.3 is 0 Å². The molecule has 2 atom stereocenters. The number of rotatable bonds is 4. The van der Waals surface area contributed by atoms with Gasteiger partial charge in [0.2, 0.25) is 0 Å². The van der Waals surface area contributed by atoms with E-state index in [2.05, 4.69) is 73.3 Å². The molecule has 0 amide bonds. The molecule has 0 aromatic heterocycles. The van der Waals surface area contributed by atoms with Crippen LogP contribution in [-0.4, -0.2) is 18.0 Å². The quantitative estimate of drug-likeness (QED) is 0.806. The summed E-state index contributed by atoms with van der Waals surface area (Å²) in [4.78, 5) is 2.61. The zero-order valence-corrected chi connectivity index (χ0v) is 13.1. The highest BCUT2D eigenvalue weighted by Crippen LogP contribution is 2.27. The molecule has 1 saturated heterocycles. The molecule has 110 valence electrons. The lowest BCUT2D eigenvalue weighted by Crippen LogP contribution is -2.20. The largest absolute Gasteiger partial charge is 0.299 e. The third-order valence-electron chi connectivity index (χ3n) is 4.67. The molecule has 0 saturated carbocycles. The van der Waals surface area contributed by atoms with E-state index in [9.17, 15) is 0 Å². The molecule has 1 aliphatic heterocycles. The Hall–Kier alpha value is -1.60. The fourth-order valence-electron chi connectivity index (χ4n) is 3.52. The Morgan fingerprint density at radius 1 is 0.952 bits per heavy atom. The Kier molecular flexibility index (Phi) is 4.40. The molecular weight excluding hydrogens is 254 g/mol. The van der Waals surface area contributed by atoms with E-state index in [0.717, 1.165) is 18.4 Å². The topological polar surface area (TPSA) is 3.24 Å². The van der Waals surface area contributed by atoms with E-state index in [0.29, 0.717) is 0 Å². The first-order valence-corrected chi connectivity index (χ1v) is 8.02. The van der Waals surface area contributed by atoms with Gasteiger partial charge in [0.15, 0.2) is 0 Å². The molecule has 1 heterocycles. The Morgan fingerprint density at radius 3 is 2.48 bits per heavy atom. The van der Waals surface area contributed by atoms with Crippen LogP contribution in [0.15, 0.2) is 54.6 Å². The van der Waals surface area contributed by atoms with E-state index in [4.69, 9.17) is 0 Å². The molecule has 0 spiro atoms. The van der Waals surface area contributed by atoms with Gasteiger partial charge in [-0.05, 0) is 36.3 Å². The second-order valence-corrected chi connectivity index (χ2v) is 6.61. The number of hydrogen-bond donors (Lipinski definition) is 0. The van der Waals surface area contributed by atoms with Crippen molar-refractivity contribution in [3.63, 3.8) is 0 Å². The standard InChI is InChI=1S/C20H25N/c1-16-7-6-10-19(11-16)12-20-15-21(13-17(20)2)14-18-8-4-3-5-9-18/h3-11,17,20H,12-15H2,1-2H3/t17-,20-/m1/s1. The zero-order valence-electron chi connectivity index (χ0n) is 13.1. The van der Waals surface area contributed by atoms with Crippen molar-refractivity contribution in [1.29, 1.82) is 0 Å². The van der Waals surface area contributed by atoms with Gasteiger partial charge in [-0.15, -0.1) is 0 Å². The Balaban J connectivity index is 1.61. The highest BCUT2D eigenvalue weighted by Gasteiger charge is 2.29. The number of aryl methyl sites for hydroxylation is 1. The summed E-state index contributed by atoms with van der Waals surface area (Å²) in [6.07, 6.45) is 1.22. The molecule has 0 unspecified atom stereocenters. The first-order chi connectivity index (χ1) is 10.2. The summed E-state index contributed by atoms with van der Waals surface area (Å²) in [5.74, 6) is 1.57. The van der Waals surface area contributed by atoms with Crippen LogP contribution < -0.4 is 0 Å². The summed E-state index contributed by atoms with van der Waals surface area (Å²) in [5, 5.41) is 0. The number of benzene rings is 2. The van der Waals surface area contributed by atoms with Crippen molar-refractivity contribution < 1.29 is 0 Å². The van der Waals surface area contributed by atoms with Crippen molar-refractivity contribution in [1.82, 2.24) is 4.90 Å². The third kappa shape index (κ3) is 3.74. The van der Waals surface area contributed by atoms with E-state index in [1.165, 1.54) is 36.2 Å². The molecule has 1 fully saturated rings. The van der Waals surface area contributed by atoms with Gasteiger partial charge in [-0.1, -0.05) is 67.1 Å². The van der Waals surface area contributed by atoms with Crippen LogP contribution in [0.2, 0.25) is 0 Å². The highest BCUT2D eigenvalue weighted by atomic mass is 15.1. The Morgan fingerprint density at radius 2 is 1.71 bits per heavy atom. The van der Waals surface area contributed by atoms with Crippen LogP contribution in [-0.2, 0) is 13.0 Å².